The average Bonchev–Trinajstić information content (AvgIpc) is 2.42. The summed E-state index contributed by atoms with van der Waals surface area (Å²) in [6, 6.07) is 11.4. The number of phenolic OH excluding ortho intramolecular Hbond substituents is 1. The number of halogens is 1. The molecule has 4 nitrogen and oxygen atoms in total. The van der Waals surface area contributed by atoms with Crippen LogP contribution in [0.4, 0.5) is 5.69 Å². The number of phenols is 1. The number of carbonyl (C=O) groups is 1. The van der Waals surface area contributed by atoms with Gasteiger partial charge in [0.15, 0.2) is 0 Å². The molecule has 20 heavy (non-hydrogen) atoms. The normalized spacial score (nSPS) is 9.85. The summed E-state index contributed by atoms with van der Waals surface area (Å²) in [7, 11) is 0. The maximum absolute atomic E-state index is 12.1. The van der Waals surface area contributed by atoms with Crippen molar-refractivity contribution in [1.82, 2.24) is 0 Å². The first-order chi connectivity index (χ1) is 9.52. The van der Waals surface area contributed by atoms with Crippen LogP contribution < -0.4 is 5.32 Å². The van der Waals surface area contributed by atoms with Gasteiger partial charge in [0.25, 0.3) is 5.91 Å². The van der Waals surface area contributed by atoms with Crippen molar-refractivity contribution in [3.8, 4) is 11.8 Å². The lowest BCUT2D eigenvalue weighted by Crippen LogP contribution is -2.13. The summed E-state index contributed by atoms with van der Waals surface area (Å²) in [5, 5.41) is 21.9. The Bertz CT molecular complexity index is 720. The van der Waals surface area contributed by atoms with Gasteiger partial charge in [-0.3, -0.25) is 4.79 Å². The number of nitriles is 1. The fourth-order valence-corrected chi connectivity index (χ4v) is 1.92. The molecule has 2 aromatic carbocycles. The molecule has 0 aliphatic heterocycles. The Morgan fingerprint density at radius 1 is 1.35 bits per heavy atom. The van der Waals surface area contributed by atoms with Gasteiger partial charge in [0.05, 0.1) is 16.8 Å². The van der Waals surface area contributed by atoms with E-state index in [2.05, 4.69) is 5.32 Å². The molecule has 0 spiro atoms. The average molecular weight is 287 g/mol. The number of benzene rings is 2. The van der Waals surface area contributed by atoms with Crippen LogP contribution in [-0.4, -0.2) is 11.0 Å². The summed E-state index contributed by atoms with van der Waals surface area (Å²) in [6.07, 6.45) is 0. The SMILES string of the molecule is Cc1cccc(C(=O)Nc2cc(Cl)ccc2C#N)c1O. The number of hydrogen-bond acceptors (Lipinski definition) is 3. The third-order valence-corrected chi connectivity index (χ3v) is 3.07. The van der Waals surface area contributed by atoms with Crippen LogP contribution in [0.2, 0.25) is 5.02 Å². The number of nitrogens with zero attached hydrogens (tertiary/aromatic N) is 1. The van der Waals surface area contributed by atoms with E-state index in [1.165, 1.54) is 18.2 Å². The molecular weight excluding hydrogens is 276 g/mol. The number of carbonyl (C=O) groups excluding carboxylic acids is 1. The molecule has 100 valence electrons. The highest BCUT2D eigenvalue weighted by Crippen LogP contribution is 2.25. The van der Waals surface area contributed by atoms with Crippen LogP contribution in [0.1, 0.15) is 21.5 Å². The molecule has 5 heteroatoms. The summed E-state index contributed by atoms with van der Waals surface area (Å²) in [6.45, 7) is 1.70. The first-order valence-electron chi connectivity index (χ1n) is 5.82. The molecule has 0 unspecified atom stereocenters. The summed E-state index contributed by atoms with van der Waals surface area (Å²) < 4.78 is 0. The molecule has 0 heterocycles. The van der Waals surface area contributed by atoms with E-state index in [-0.39, 0.29) is 11.3 Å². The van der Waals surface area contributed by atoms with Crippen molar-refractivity contribution < 1.29 is 9.90 Å². The van der Waals surface area contributed by atoms with Crippen LogP contribution in [0, 0.1) is 18.3 Å². The van der Waals surface area contributed by atoms with E-state index in [4.69, 9.17) is 16.9 Å². The van der Waals surface area contributed by atoms with Gasteiger partial charge in [-0.2, -0.15) is 5.26 Å². The van der Waals surface area contributed by atoms with Crippen molar-refractivity contribution in [2.24, 2.45) is 0 Å². The molecule has 0 radical (unpaired) electrons. The largest absolute Gasteiger partial charge is 0.507 e. The van der Waals surface area contributed by atoms with Crippen molar-refractivity contribution in [3.05, 3.63) is 58.1 Å². The molecule has 0 bridgehead atoms. The van der Waals surface area contributed by atoms with Crippen LogP contribution in [0.3, 0.4) is 0 Å². The van der Waals surface area contributed by atoms with E-state index >= 15 is 0 Å². The van der Waals surface area contributed by atoms with Crippen molar-refractivity contribution in [2.75, 3.05) is 5.32 Å². The number of anilines is 1. The van der Waals surface area contributed by atoms with Gasteiger partial charge in [0.2, 0.25) is 0 Å². The first kappa shape index (κ1) is 13.9. The topological polar surface area (TPSA) is 73.1 Å². The van der Waals surface area contributed by atoms with Gasteiger partial charge in [-0.15, -0.1) is 0 Å². The van der Waals surface area contributed by atoms with Crippen LogP contribution in [0.5, 0.6) is 5.75 Å². The van der Waals surface area contributed by atoms with Crippen molar-refractivity contribution in [1.29, 1.82) is 5.26 Å². The van der Waals surface area contributed by atoms with Gasteiger partial charge in [0, 0.05) is 5.02 Å². The molecule has 0 atom stereocenters. The fraction of sp³-hybridized carbons (Fsp3) is 0.0667. The minimum absolute atomic E-state index is 0.0782. The molecule has 2 aromatic rings. The Morgan fingerprint density at radius 3 is 2.80 bits per heavy atom. The molecule has 0 saturated carbocycles. The van der Waals surface area contributed by atoms with E-state index in [0.717, 1.165) is 0 Å². The summed E-state index contributed by atoms with van der Waals surface area (Å²) >= 11 is 5.85. The number of para-hydroxylation sites is 1. The molecule has 0 aliphatic carbocycles. The molecule has 0 saturated heterocycles. The lowest BCUT2D eigenvalue weighted by Gasteiger charge is -2.09. The second-order valence-corrected chi connectivity index (χ2v) is 4.66. The monoisotopic (exact) mass is 286 g/mol. The van der Waals surface area contributed by atoms with Crippen LogP contribution >= 0.6 is 11.6 Å². The predicted molar refractivity (Wildman–Crippen MR) is 77.0 cm³/mol. The zero-order valence-electron chi connectivity index (χ0n) is 10.6. The summed E-state index contributed by atoms with van der Waals surface area (Å²) in [5.74, 6) is -0.574. The summed E-state index contributed by atoms with van der Waals surface area (Å²) in [5.41, 5.74) is 1.36. The Kier molecular flexibility index (Phi) is 3.92. The van der Waals surface area contributed by atoms with Crippen LogP contribution in [0.25, 0.3) is 0 Å². The van der Waals surface area contributed by atoms with E-state index in [9.17, 15) is 9.90 Å². The third-order valence-electron chi connectivity index (χ3n) is 2.83. The Morgan fingerprint density at radius 2 is 2.10 bits per heavy atom. The maximum atomic E-state index is 12.1. The second kappa shape index (κ2) is 5.64. The molecule has 2 rings (SSSR count). The maximum Gasteiger partial charge on any atom is 0.259 e. The van der Waals surface area contributed by atoms with Gasteiger partial charge in [0.1, 0.15) is 11.8 Å². The first-order valence-corrected chi connectivity index (χ1v) is 6.20. The number of rotatable bonds is 2. The van der Waals surface area contributed by atoms with Crippen molar-refractivity contribution >= 4 is 23.2 Å². The molecule has 0 aromatic heterocycles. The zero-order chi connectivity index (χ0) is 14.7. The summed E-state index contributed by atoms with van der Waals surface area (Å²) in [4.78, 5) is 12.1. The molecule has 0 aliphatic rings. The highest BCUT2D eigenvalue weighted by atomic mass is 35.5. The minimum Gasteiger partial charge on any atom is -0.507 e. The highest BCUT2D eigenvalue weighted by Gasteiger charge is 2.14. The lowest BCUT2D eigenvalue weighted by atomic mass is 10.1. The number of nitrogens with one attached hydrogen (secondary N) is 1. The smallest absolute Gasteiger partial charge is 0.259 e. The van der Waals surface area contributed by atoms with Crippen LogP contribution in [0.15, 0.2) is 36.4 Å². The predicted octanol–water partition coefficient (Wildman–Crippen LogP) is 3.48. The van der Waals surface area contributed by atoms with Crippen molar-refractivity contribution in [3.63, 3.8) is 0 Å². The Labute approximate surface area is 121 Å². The zero-order valence-corrected chi connectivity index (χ0v) is 11.4. The highest BCUT2D eigenvalue weighted by molar-refractivity contribution is 6.31. The quantitative estimate of drug-likeness (QED) is 0.887. The van der Waals surface area contributed by atoms with Gasteiger partial charge >= 0.3 is 0 Å². The minimum atomic E-state index is -0.495. The van der Waals surface area contributed by atoms with Gasteiger partial charge in [-0.1, -0.05) is 23.7 Å². The molecular formula is C15H11ClN2O2. The lowest BCUT2D eigenvalue weighted by molar-refractivity contribution is 0.102. The number of aryl methyl sites for hydroxylation is 1. The van der Waals surface area contributed by atoms with Gasteiger partial charge in [-0.25, -0.2) is 0 Å². The van der Waals surface area contributed by atoms with Crippen LogP contribution in [-0.2, 0) is 0 Å². The van der Waals surface area contributed by atoms with E-state index in [1.54, 1.807) is 25.1 Å². The Balaban J connectivity index is 2.35. The van der Waals surface area contributed by atoms with E-state index in [0.29, 0.717) is 21.8 Å². The van der Waals surface area contributed by atoms with Gasteiger partial charge in [-0.05, 0) is 36.8 Å². The standard InChI is InChI=1S/C15H11ClN2O2/c1-9-3-2-4-12(14(9)19)15(20)18-13-7-11(16)6-5-10(13)8-17/h2-7,19H,1H3,(H,18,20). The third kappa shape index (κ3) is 2.73. The van der Waals surface area contributed by atoms with Gasteiger partial charge < -0.3 is 10.4 Å². The van der Waals surface area contributed by atoms with Crippen molar-refractivity contribution in [2.45, 2.75) is 6.92 Å². The van der Waals surface area contributed by atoms with E-state index in [1.807, 2.05) is 6.07 Å². The molecule has 1 amide bonds. The number of aromatic hydroxyl groups is 1. The van der Waals surface area contributed by atoms with E-state index < -0.39 is 5.91 Å². The number of hydrogen-bond donors (Lipinski definition) is 2. The molecule has 0 fully saturated rings. The Hall–Kier alpha value is -2.51. The second-order valence-electron chi connectivity index (χ2n) is 4.23. The fourth-order valence-electron chi connectivity index (χ4n) is 1.75. The number of amides is 1. The molecule has 2 N–H and O–H groups in total.